The average molecular weight is 237 g/mol. The van der Waals surface area contributed by atoms with E-state index in [1.807, 2.05) is 0 Å². The Balaban J connectivity index is 1.92. The Morgan fingerprint density at radius 3 is 2.71 bits per heavy atom. The zero-order chi connectivity index (χ0) is 12.3. The summed E-state index contributed by atoms with van der Waals surface area (Å²) in [7, 11) is 0. The number of hydrogen-bond acceptors (Lipinski definition) is 3. The SMILES string of the molecule is CC(Nc1ccc(C(=O)O)o1)C1CCCCC1. The van der Waals surface area contributed by atoms with E-state index in [-0.39, 0.29) is 5.76 Å². The molecule has 0 radical (unpaired) electrons. The number of anilines is 1. The molecule has 0 aromatic carbocycles. The smallest absolute Gasteiger partial charge is 0.371 e. The summed E-state index contributed by atoms with van der Waals surface area (Å²) in [5, 5.41) is 12.0. The minimum Gasteiger partial charge on any atom is -0.475 e. The van der Waals surface area contributed by atoms with Crippen molar-refractivity contribution in [2.45, 2.75) is 45.1 Å². The number of nitrogens with one attached hydrogen (secondary N) is 1. The lowest BCUT2D eigenvalue weighted by Crippen LogP contribution is -2.27. The van der Waals surface area contributed by atoms with Gasteiger partial charge in [0.2, 0.25) is 5.76 Å². The van der Waals surface area contributed by atoms with Crippen molar-refractivity contribution in [3.8, 4) is 0 Å². The highest BCUT2D eigenvalue weighted by Crippen LogP contribution is 2.28. The van der Waals surface area contributed by atoms with Crippen molar-refractivity contribution in [3.05, 3.63) is 17.9 Å². The summed E-state index contributed by atoms with van der Waals surface area (Å²) < 4.78 is 5.20. The normalized spacial score (nSPS) is 18.9. The van der Waals surface area contributed by atoms with Crippen molar-refractivity contribution in [3.63, 3.8) is 0 Å². The molecule has 17 heavy (non-hydrogen) atoms. The predicted octanol–water partition coefficient (Wildman–Crippen LogP) is 3.36. The van der Waals surface area contributed by atoms with Gasteiger partial charge < -0.3 is 14.8 Å². The lowest BCUT2D eigenvalue weighted by molar-refractivity contribution is 0.0663. The lowest BCUT2D eigenvalue weighted by Gasteiger charge is -2.28. The second-order valence-electron chi connectivity index (χ2n) is 4.80. The first kappa shape index (κ1) is 12.0. The van der Waals surface area contributed by atoms with E-state index in [9.17, 15) is 4.79 Å². The summed E-state index contributed by atoms with van der Waals surface area (Å²) in [6, 6.07) is 3.50. The maximum absolute atomic E-state index is 10.7. The lowest BCUT2D eigenvalue weighted by atomic mass is 9.84. The first-order chi connectivity index (χ1) is 8.16. The minimum absolute atomic E-state index is 0.0108. The molecule has 0 spiro atoms. The molecule has 0 aliphatic heterocycles. The van der Waals surface area contributed by atoms with Crippen LogP contribution in [-0.4, -0.2) is 17.1 Å². The third-order valence-electron chi connectivity index (χ3n) is 3.54. The van der Waals surface area contributed by atoms with Crippen molar-refractivity contribution in [2.24, 2.45) is 5.92 Å². The minimum atomic E-state index is -1.02. The van der Waals surface area contributed by atoms with Crippen LogP contribution in [0.5, 0.6) is 0 Å². The Hall–Kier alpha value is -1.45. The van der Waals surface area contributed by atoms with Gasteiger partial charge in [-0.15, -0.1) is 0 Å². The summed E-state index contributed by atoms with van der Waals surface area (Å²) in [6.07, 6.45) is 6.44. The summed E-state index contributed by atoms with van der Waals surface area (Å²) >= 11 is 0. The van der Waals surface area contributed by atoms with E-state index in [0.717, 1.165) is 0 Å². The number of furan rings is 1. The van der Waals surface area contributed by atoms with Crippen LogP contribution in [0.15, 0.2) is 16.5 Å². The predicted molar refractivity (Wildman–Crippen MR) is 65.3 cm³/mol. The number of carboxylic acids is 1. The molecule has 0 amide bonds. The number of carboxylic acid groups (broad SMARTS) is 1. The van der Waals surface area contributed by atoms with Crippen LogP contribution < -0.4 is 5.32 Å². The first-order valence-electron chi connectivity index (χ1n) is 6.26. The van der Waals surface area contributed by atoms with Crippen molar-refractivity contribution in [1.29, 1.82) is 0 Å². The van der Waals surface area contributed by atoms with Gasteiger partial charge in [-0.05, 0) is 31.7 Å². The van der Waals surface area contributed by atoms with Gasteiger partial charge in [-0.2, -0.15) is 0 Å². The molecule has 1 heterocycles. The molecule has 94 valence electrons. The molecule has 1 atom stereocenters. The van der Waals surface area contributed by atoms with Crippen LogP contribution in [0.3, 0.4) is 0 Å². The molecule has 4 heteroatoms. The quantitative estimate of drug-likeness (QED) is 0.842. The third-order valence-corrected chi connectivity index (χ3v) is 3.54. The van der Waals surface area contributed by atoms with Crippen LogP contribution in [0, 0.1) is 5.92 Å². The second-order valence-corrected chi connectivity index (χ2v) is 4.80. The van der Waals surface area contributed by atoms with Gasteiger partial charge in [-0.1, -0.05) is 19.3 Å². The summed E-state index contributed by atoms with van der Waals surface area (Å²) in [5.74, 6) is 0.189. The van der Waals surface area contributed by atoms with Gasteiger partial charge in [-0.3, -0.25) is 0 Å². The van der Waals surface area contributed by atoms with Crippen molar-refractivity contribution >= 4 is 11.9 Å². The van der Waals surface area contributed by atoms with Crippen molar-refractivity contribution < 1.29 is 14.3 Å². The molecule has 2 N–H and O–H groups in total. The molecule has 1 aromatic heterocycles. The van der Waals surface area contributed by atoms with Crippen LogP contribution in [0.4, 0.5) is 5.88 Å². The van der Waals surface area contributed by atoms with Gasteiger partial charge in [0, 0.05) is 12.1 Å². The molecule has 1 saturated carbocycles. The topological polar surface area (TPSA) is 62.5 Å². The van der Waals surface area contributed by atoms with Gasteiger partial charge in [-0.25, -0.2) is 4.79 Å². The Morgan fingerprint density at radius 1 is 1.41 bits per heavy atom. The molecule has 1 unspecified atom stereocenters. The van der Waals surface area contributed by atoms with E-state index in [1.165, 1.54) is 38.2 Å². The maximum Gasteiger partial charge on any atom is 0.371 e. The third kappa shape index (κ3) is 3.02. The van der Waals surface area contributed by atoms with E-state index in [0.29, 0.717) is 17.8 Å². The fraction of sp³-hybridized carbons (Fsp3) is 0.615. The van der Waals surface area contributed by atoms with Gasteiger partial charge in [0.25, 0.3) is 0 Å². The van der Waals surface area contributed by atoms with E-state index in [2.05, 4.69) is 12.2 Å². The van der Waals surface area contributed by atoms with Crippen LogP contribution in [-0.2, 0) is 0 Å². The molecular weight excluding hydrogens is 218 g/mol. The monoisotopic (exact) mass is 237 g/mol. The van der Waals surface area contributed by atoms with Crippen LogP contribution in [0.2, 0.25) is 0 Å². The van der Waals surface area contributed by atoms with E-state index >= 15 is 0 Å². The highest BCUT2D eigenvalue weighted by Gasteiger charge is 2.21. The Kier molecular flexibility index (Phi) is 3.71. The standard InChI is InChI=1S/C13H19NO3/c1-9(10-5-3-2-4-6-10)14-12-8-7-11(17-12)13(15)16/h7-10,14H,2-6H2,1H3,(H,15,16). The Labute approximate surface area is 101 Å². The molecule has 2 rings (SSSR count). The zero-order valence-corrected chi connectivity index (χ0v) is 10.1. The number of carbonyl (C=O) groups is 1. The molecule has 1 aromatic rings. The molecule has 1 fully saturated rings. The van der Waals surface area contributed by atoms with E-state index in [1.54, 1.807) is 6.07 Å². The fourth-order valence-electron chi connectivity index (χ4n) is 2.51. The van der Waals surface area contributed by atoms with Crippen molar-refractivity contribution in [2.75, 3.05) is 5.32 Å². The van der Waals surface area contributed by atoms with Crippen molar-refractivity contribution in [1.82, 2.24) is 0 Å². The highest BCUT2D eigenvalue weighted by atomic mass is 16.4. The number of aromatic carboxylic acids is 1. The molecule has 0 saturated heterocycles. The van der Waals surface area contributed by atoms with Gasteiger partial charge in [0.1, 0.15) is 0 Å². The van der Waals surface area contributed by atoms with Crippen LogP contribution in [0.25, 0.3) is 0 Å². The number of rotatable bonds is 4. The van der Waals surface area contributed by atoms with Gasteiger partial charge in [0.15, 0.2) is 5.88 Å². The van der Waals surface area contributed by atoms with Gasteiger partial charge in [0.05, 0.1) is 0 Å². The largest absolute Gasteiger partial charge is 0.475 e. The molecule has 0 bridgehead atoms. The van der Waals surface area contributed by atoms with E-state index in [4.69, 9.17) is 9.52 Å². The van der Waals surface area contributed by atoms with Crippen LogP contribution >= 0.6 is 0 Å². The highest BCUT2D eigenvalue weighted by molar-refractivity contribution is 5.84. The maximum atomic E-state index is 10.7. The summed E-state index contributed by atoms with van der Waals surface area (Å²) in [5.41, 5.74) is 0. The van der Waals surface area contributed by atoms with Crippen LogP contribution in [0.1, 0.15) is 49.6 Å². The Bertz CT molecular complexity index is 380. The molecule has 1 aliphatic rings. The number of hydrogen-bond donors (Lipinski definition) is 2. The Morgan fingerprint density at radius 2 is 2.12 bits per heavy atom. The second kappa shape index (κ2) is 5.25. The summed E-state index contributed by atoms with van der Waals surface area (Å²) in [4.78, 5) is 10.7. The first-order valence-corrected chi connectivity index (χ1v) is 6.26. The molecular formula is C13H19NO3. The fourth-order valence-corrected chi connectivity index (χ4v) is 2.51. The zero-order valence-electron chi connectivity index (χ0n) is 10.1. The molecule has 4 nitrogen and oxygen atoms in total. The molecule has 1 aliphatic carbocycles. The van der Waals surface area contributed by atoms with E-state index < -0.39 is 5.97 Å². The average Bonchev–Trinajstić information content (AvgIpc) is 2.79. The summed E-state index contributed by atoms with van der Waals surface area (Å²) in [6.45, 7) is 2.14. The van der Waals surface area contributed by atoms with Gasteiger partial charge >= 0.3 is 5.97 Å².